The lowest BCUT2D eigenvalue weighted by molar-refractivity contribution is -0.120. The maximum Gasteiger partial charge on any atom is 0.224 e. The fraction of sp³-hybridized carbons (Fsp3) is 0.294. The van der Waals surface area contributed by atoms with Gasteiger partial charge < -0.3 is 10.3 Å². The van der Waals surface area contributed by atoms with Crippen molar-refractivity contribution >= 4 is 39.9 Å². The summed E-state index contributed by atoms with van der Waals surface area (Å²) in [5.41, 5.74) is 3.45. The standard InChI is InChI=1S/C17H18FN3OS2/c1-10-13(14-5-11(18)3-4-15(14)20-10)6-16(22)19-7-12-8-24-17(21-12)9-23-2/h3-5,8,20H,6-7,9H2,1-2H3,(H,19,22). The molecule has 2 aromatic heterocycles. The first-order valence-electron chi connectivity index (χ1n) is 7.52. The summed E-state index contributed by atoms with van der Waals surface area (Å²) >= 11 is 3.33. The minimum Gasteiger partial charge on any atom is -0.358 e. The Hall–Kier alpha value is -1.86. The molecular formula is C17H18FN3OS2. The number of amides is 1. The Morgan fingerprint density at radius 1 is 1.46 bits per heavy atom. The summed E-state index contributed by atoms with van der Waals surface area (Å²) in [6.45, 7) is 2.31. The summed E-state index contributed by atoms with van der Waals surface area (Å²) in [6.07, 6.45) is 2.26. The Morgan fingerprint density at radius 2 is 2.29 bits per heavy atom. The zero-order valence-corrected chi connectivity index (χ0v) is 15.1. The van der Waals surface area contributed by atoms with E-state index in [1.165, 1.54) is 12.1 Å². The molecule has 2 N–H and O–H groups in total. The minimum absolute atomic E-state index is 0.0947. The minimum atomic E-state index is -0.299. The van der Waals surface area contributed by atoms with Crippen LogP contribution in [0.25, 0.3) is 10.9 Å². The van der Waals surface area contributed by atoms with Crippen LogP contribution in [0, 0.1) is 12.7 Å². The number of aromatic amines is 1. The summed E-state index contributed by atoms with van der Waals surface area (Å²) in [5.74, 6) is 0.494. The van der Waals surface area contributed by atoms with Crippen LogP contribution < -0.4 is 5.32 Å². The van der Waals surface area contributed by atoms with Gasteiger partial charge in [0.05, 0.1) is 18.7 Å². The number of carbonyl (C=O) groups is 1. The Kier molecular flexibility index (Phi) is 5.20. The van der Waals surface area contributed by atoms with Gasteiger partial charge in [0.15, 0.2) is 0 Å². The van der Waals surface area contributed by atoms with Gasteiger partial charge in [-0.2, -0.15) is 11.8 Å². The maximum atomic E-state index is 13.5. The lowest BCUT2D eigenvalue weighted by Gasteiger charge is -2.04. The Bertz CT molecular complexity index is 872. The molecule has 0 spiro atoms. The summed E-state index contributed by atoms with van der Waals surface area (Å²) in [6, 6.07) is 4.58. The van der Waals surface area contributed by atoms with Gasteiger partial charge in [-0.15, -0.1) is 11.3 Å². The number of carbonyl (C=O) groups excluding carboxylic acids is 1. The summed E-state index contributed by atoms with van der Waals surface area (Å²) in [7, 11) is 0. The van der Waals surface area contributed by atoms with Crippen molar-refractivity contribution in [1.29, 1.82) is 0 Å². The van der Waals surface area contributed by atoms with Crippen LogP contribution in [0.3, 0.4) is 0 Å². The second-order valence-electron chi connectivity index (χ2n) is 5.54. The lowest BCUT2D eigenvalue weighted by Crippen LogP contribution is -2.24. The van der Waals surface area contributed by atoms with E-state index >= 15 is 0 Å². The average Bonchev–Trinajstić information content (AvgIpc) is 3.11. The molecule has 0 bridgehead atoms. The van der Waals surface area contributed by atoms with Crippen molar-refractivity contribution in [3.05, 3.63) is 51.4 Å². The monoisotopic (exact) mass is 363 g/mol. The lowest BCUT2D eigenvalue weighted by atomic mass is 10.1. The largest absolute Gasteiger partial charge is 0.358 e. The number of rotatable bonds is 6. The molecule has 1 aromatic carbocycles. The molecule has 0 saturated heterocycles. The highest BCUT2D eigenvalue weighted by atomic mass is 32.2. The van der Waals surface area contributed by atoms with Gasteiger partial charge in [-0.05, 0) is 36.9 Å². The molecule has 126 valence electrons. The van der Waals surface area contributed by atoms with Crippen LogP contribution in [0.1, 0.15) is 22.0 Å². The first-order chi connectivity index (χ1) is 11.6. The molecule has 0 aliphatic rings. The van der Waals surface area contributed by atoms with Gasteiger partial charge in [-0.1, -0.05) is 0 Å². The number of fused-ring (bicyclic) bond motifs is 1. The number of nitrogens with zero attached hydrogens (tertiary/aromatic N) is 1. The Morgan fingerprint density at radius 3 is 3.08 bits per heavy atom. The number of aryl methyl sites for hydroxylation is 1. The number of nitrogens with one attached hydrogen (secondary N) is 2. The van der Waals surface area contributed by atoms with Crippen molar-refractivity contribution in [3.8, 4) is 0 Å². The molecule has 2 heterocycles. The molecule has 24 heavy (non-hydrogen) atoms. The highest BCUT2D eigenvalue weighted by molar-refractivity contribution is 7.97. The van der Waals surface area contributed by atoms with E-state index in [0.29, 0.717) is 6.54 Å². The molecule has 0 atom stereocenters. The zero-order valence-electron chi connectivity index (χ0n) is 13.5. The van der Waals surface area contributed by atoms with Crippen molar-refractivity contribution in [2.24, 2.45) is 0 Å². The van der Waals surface area contributed by atoms with Crippen LogP contribution in [-0.2, 0) is 23.5 Å². The summed E-state index contributed by atoms with van der Waals surface area (Å²) in [5, 5.41) is 6.69. The Labute approximate surface area is 147 Å². The van der Waals surface area contributed by atoms with Crippen LogP contribution in [0.5, 0.6) is 0 Å². The van der Waals surface area contributed by atoms with E-state index in [-0.39, 0.29) is 18.1 Å². The molecule has 0 radical (unpaired) electrons. The fourth-order valence-corrected chi connectivity index (χ4v) is 4.13. The molecule has 0 aliphatic carbocycles. The van der Waals surface area contributed by atoms with Crippen molar-refractivity contribution in [1.82, 2.24) is 15.3 Å². The predicted molar refractivity (Wildman–Crippen MR) is 97.9 cm³/mol. The third kappa shape index (κ3) is 3.79. The van der Waals surface area contributed by atoms with Gasteiger partial charge in [0, 0.05) is 27.7 Å². The first kappa shape index (κ1) is 17.0. The number of thiazole rings is 1. The highest BCUT2D eigenvalue weighted by Gasteiger charge is 2.13. The number of benzene rings is 1. The molecular weight excluding hydrogens is 345 g/mol. The second kappa shape index (κ2) is 7.36. The van der Waals surface area contributed by atoms with E-state index < -0.39 is 0 Å². The summed E-state index contributed by atoms with van der Waals surface area (Å²) in [4.78, 5) is 19.9. The van der Waals surface area contributed by atoms with E-state index in [4.69, 9.17) is 0 Å². The van der Waals surface area contributed by atoms with Gasteiger partial charge in [0.1, 0.15) is 10.8 Å². The number of H-pyrrole nitrogens is 1. The molecule has 0 fully saturated rings. The van der Waals surface area contributed by atoms with Crippen molar-refractivity contribution in [3.63, 3.8) is 0 Å². The molecule has 3 aromatic rings. The van der Waals surface area contributed by atoms with E-state index in [9.17, 15) is 9.18 Å². The molecule has 0 aliphatic heterocycles. The molecule has 3 rings (SSSR count). The number of halogens is 1. The van der Waals surface area contributed by atoms with E-state index in [1.54, 1.807) is 29.2 Å². The number of hydrogen-bond acceptors (Lipinski definition) is 4. The third-order valence-corrected chi connectivity index (χ3v) is 5.40. The van der Waals surface area contributed by atoms with Gasteiger partial charge in [0.2, 0.25) is 5.91 Å². The molecule has 0 saturated carbocycles. The zero-order chi connectivity index (χ0) is 17.1. The fourth-order valence-electron chi connectivity index (χ4n) is 2.61. The topological polar surface area (TPSA) is 57.8 Å². The molecule has 0 unspecified atom stereocenters. The molecule has 1 amide bonds. The third-order valence-electron chi connectivity index (χ3n) is 3.75. The quantitative estimate of drug-likeness (QED) is 0.700. The van der Waals surface area contributed by atoms with Crippen molar-refractivity contribution in [2.45, 2.75) is 25.6 Å². The van der Waals surface area contributed by atoms with Crippen LogP contribution in [-0.4, -0.2) is 22.1 Å². The maximum absolute atomic E-state index is 13.5. The van der Waals surface area contributed by atoms with Crippen LogP contribution in [0.15, 0.2) is 23.6 Å². The first-order valence-corrected chi connectivity index (χ1v) is 9.80. The van der Waals surface area contributed by atoms with E-state index in [2.05, 4.69) is 15.3 Å². The average molecular weight is 363 g/mol. The molecule has 7 heteroatoms. The second-order valence-corrected chi connectivity index (χ2v) is 7.35. The number of aromatic nitrogens is 2. The van der Waals surface area contributed by atoms with Crippen molar-refractivity contribution in [2.75, 3.05) is 6.26 Å². The SMILES string of the molecule is CSCc1nc(CNC(=O)Cc2c(C)[nH]c3ccc(F)cc23)cs1. The van der Waals surface area contributed by atoms with E-state index in [0.717, 1.165) is 38.6 Å². The van der Waals surface area contributed by atoms with Gasteiger partial charge in [-0.25, -0.2) is 9.37 Å². The van der Waals surface area contributed by atoms with Crippen molar-refractivity contribution < 1.29 is 9.18 Å². The van der Waals surface area contributed by atoms with Gasteiger partial charge >= 0.3 is 0 Å². The normalized spacial score (nSPS) is 11.1. The van der Waals surface area contributed by atoms with Crippen LogP contribution in [0.2, 0.25) is 0 Å². The number of hydrogen-bond donors (Lipinski definition) is 2. The van der Waals surface area contributed by atoms with E-state index in [1.807, 2.05) is 18.6 Å². The van der Waals surface area contributed by atoms with Crippen LogP contribution in [0.4, 0.5) is 4.39 Å². The highest BCUT2D eigenvalue weighted by Crippen LogP contribution is 2.23. The van der Waals surface area contributed by atoms with Gasteiger partial charge in [-0.3, -0.25) is 4.79 Å². The van der Waals surface area contributed by atoms with Gasteiger partial charge in [0.25, 0.3) is 0 Å². The Balaban J connectivity index is 1.66. The van der Waals surface area contributed by atoms with Crippen LogP contribution >= 0.6 is 23.1 Å². The number of thioether (sulfide) groups is 1. The summed E-state index contributed by atoms with van der Waals surface area (Å²) < 4.78 is 13.5. The predicted octanol–water partition coefficient (Wildman–Crippen LogP) is 3.79. The molecule has 4 nitrogen and oxygen atoms in total. The smallest absolute Gasteiger partial charge is 0.224 e.